The summed E-state index contributed by atoms with van der Waals surface area (Å²) in [5, 5.41) is 4.62. The number of benzene rings is 2. The lowest BCUT2D eigenvalue weighted by Gasteiger charge is -2.11. The van der Waals surface area contributed by atoms with Gasteiger partial charge in [0, 0.05) is 29.8 Å². The average Bonchev–Trinajstić information content (AvgIpc) is 2.49. The summed E-state index contributed by atoms with van der Waals surface area (Å²) in [7, 11) is 0. The molecule has 23 heavy (non-hydrogen) atoms. The van der Waals surface area contributed by atoms with Crippen molar-refractivity contribution in [1.82, 2.24) is 0 Å². The number of fused-ring (bicyclic) bond motifs is 1. The quantitative estimate of drug-likeness (QED) is 0.723. The Hall–Kier alpha value is -2.68. The Balaban J connectivity index is 2.13. The highest BCUT2D eigenvalue weighted by molar-refractivity contribution is 5.96. The normalized spacial score (nSPS) is 10.8. The molecule has 2 aromatic carbocycles. The van der Waals surface area contributed by atoms with E-state index in [-0.39, 0.29) is 5.78 Å². The maximum Gasteiger partial charge on any atom is 0.216 e. The van der Waals surface area contributed by atoms with Crippen molar-refractivity contribution in [3.8, 4) is 0 Å². The Morgan fingerprint density at radius 2 is 1.83 bits per heavy atom. The molecule has 0 bridgehead atoms. The van der Waals surface area contributed by atoms with Gasteiger partial charge >= 0.3 is 0 Å². The molecule has 0 saturated heterocycles. The van der Waals surface area contributed by atoms with Crippen molar-refractivity contribution >= 4 is 28.1 Å². The lowest BCUT2D eigenvalue weighted by atomic mass is 10.0. The van der Waals surface area contributed by atoms with Gasteiger partial charge in [-0.25, -0.2) is 4.98 Å². The number of hydrogen-bond donors (Lipinski definition) is 1. The third kappa shape index (κ3) is 3.09. The molecule has 3 heteroatoms. The van der Waals surface area contributed by atoms with E-state index in [1.165, 1.54) is 11.1 Å². The summed E-state index contributed by atoms with van der Waals surface area (Å²) in [5.41, 5.74) is 7.37. The van der Waals surface area contributed by atoms with Crippen molar-refractivity contribution in [1.29, 1.82) is 0 Å². The Morgan fingerprint density at radius 3 is 2.57 bits per heavy atom. The summed E-state index contributed by atoms with van der Waals surface area (Å²) in [6, 6.07) is 14.1. The molecule has 1 aromatic heterocycles. The van der Waals surface area contributed by atoms with Gasteiger partial charge in [0.2, 0.25) is 5.52 Å². The van der Waals surface area contributed by atoms with Crippen LogP contribution < -0.4 is 10.3 Å². The number of ketones is 1. The molecule has 0 amide bonds. The van der Waals surface area contributed by atoms with Crippen molar-refractivity contribution in [2.24, 2.45) is 0 Å². The molecule has 0 aliphatic rings. The van der Waals surface area contributed by atoms with Crippen LogP contribution in [0.5, 0.6) is 0 Å². The minimum atomic E-state index is 0.0720. The summed E-state index contributed by atoms with van der Waals surface area (Å²) < 4.78 is 0. The molecule has 0 unspecified atom stereocenters. The number of Topliss-reactive ketones (excluding diaryl/α,β-unsaturated/α-hetero) is 1. The zero-order valence-corrected chi connectivity index (χ0v) is 13.9. The number of rotatable bonds is 3. The maximum absolute atomic E-state index is 11.6. The topological polar surface area (TPSA) is 43.2 Å². The third-order valence-corrected chi connectivity index (χ3v) is 4.00. The SMILES string of the molecule is CC(=O)c1cccc(Nc2cc(C)[nH+]c3c(C)cc(C)cc23)c1. The van der Waals surface area contributed by atoms with E-state index >= 15 is 0 Å². The number of H-pyrrole nitrogens is 1. The Labute approximate surface area is 136 Å². The van der Waals surface area contributed by atoms with Crippen molar-refractivity contribution in [2.45, 2.75) is 27.7 Å². The van der Waals surface area contributed by atoms with Gasteiger partial charge in [-0.3, -0.25) is 4.79 Å². The van der Waals surface area contributed by atoms with Crippen molar-refractivity contribution in [3.63, 3.8) is 0 Å². The number of aromatic nitrogens is 1. The summed E-state index contributed by atoms with van der Waals surface area (Å²) in [6.07, 6.45) is 0. The Kier molecular flexibility index (Phi) is 3.87. The second-order valence-electron chi connectivity index (χ2n) is 6.13. The highest BCUT2D eigenvalue weighted by atomic mass is 16.1. The number of carbonyl (C=O) groups is 1. The largest absolute Gasteiger partial charge is 0.355 e. The fourth-order valence-electron chi connectivity index (χ4n) is 2.95. The van der Waals surface area contributed by atoms with Gasteiger partial charge in [0.25, 0.3) is 0 Å². The molecule has 3 nitrogen and oxygen atoms in total. The molecule has 0 aliphatic heterocycles. The van der Waals surface area contributed by atoms with E-state index in [0.717, 1.165) is 28.0 Å². The predicted molar refractivity (Wildman–Crippen MR) is 94.4 cm³/mol. The van der Waals surface area contributed by atoms with Gasteiger partial charge in [0.05, 0.1) is 11.1 Å². The van der Waals surface area contributed by atoms with Crippen LogP contribution in [0.1, 0.15) is 34.1 Å². The second kappa shape index (κ2) is 5.84. The summed E-state index contributed by atoms with van der Waals surface area (Å²) in [6.45, 7) is 7.86. The van der Waals surface area contributed by atoms with E-state index in [2.05, 4.69) is 49.3 Å². The van der Waals surface area contributed by atoms with Crippen LogP contribution in [0.2, 0.25) is 0 Å². The number of pyridine rings is 1. The van der Waals surface area contributed by atoms with Crippen molar-refractivity contribution in [2.75, 3.05) is 5.32 Å². The van der Waals surface area contributed by atoms with E-state index < -0.39 is 0 Å². The van der Waals surface area contributed by atoms with Crippen LogP contribution in [0, 0.1) is 20.8 Å². The van der Waals surface area contributed by atoms with Crippen LogP contribution in [0.25, 0.3) is 10.9 Å². The number of hydrogen-bond acceptors (Lipinski definition) is 2. The third-order valence-electron chi connectivity index (χ3n) is 4.00. The van der Waals surface area contributed by atoms with Crippen LogP contribution in [-0.2, 0) is 0 Å². The van der Waals surface area contributed by atoms with E-state index in [4.69, 9.17) is 0 Å². The summed E-state index contributed by atoms with van der Waals surface area (Å²) in [5.74, 6) is 0.0720. The fraction of sp³-hybridized carbons (Fsp3) is 0.200. The number of aryl methyl sites for hydroxylation is 3. The van der Waals surface area contributed by atoms with E-state index in [0.29, 0.717) is 5.56 Å². The van der Waals surface area contributed by atoms with Crippen LogP contribution in [-0.4, -0.2) is 5.78 Å². The average molecular weight is 305 g/mol. The van der Waals surface area contributed by atoms with Gasteiger partial charge in [0.15, 0.2) is 11.5 Å². The first-order chi connectivity index (χ1) is 10.9. The van der Waals surface area contributed by atoms with Crippen molar-refractivity contribution < 1.29 is 9.78 Å². The lowest BCUT2D eigenvalue weighted by molar-refractivity contribution is -0.354. The second-order valence-corrected chi connectivity index (χ2v) is 6.13. The van der Waals surface area contributed by atoms with Crippen LogP contribution in [0.15, 0.2) is 42.5 Å². The standard InChI is InChI=1S/C20H20N2O/c1-12-8-13(2)20-18(9-12)19(10-14(3)21-20)22-17-7-5-6-16(11-17)15(4)23/h5-11H,1-4H3,(H,21,22)/p+1. The highest BCUT2D eigenvalue weighted by Gasteiger charge is 2.13. The van der Waals surface area contributed by atoms with Crippen LogP contribution in [0.3, 0.4) is 0 Å². The Morgan fingerprint density at radius 1 is 1.04 bits per heavy atom. The van der Waals surface area contributed by atoms with Gasteiger partial charge < -0.3 is 5.32 Å². The van der Waals surface area contributed by atoms with Crippen molar-refractivity contribution in [3.05, 3.63) is 64.8 Å². The smallest absolute Gasteiger partial charge is 0.216 e. The molecule has 0 radical (unpaired) electrons. The van der Waals surface area contributed by atoms with Gasteiger partial charge in [-0.05, 0) is 50.6 Å². The van der Waals surface area contributed by atoms with E-state index in [9.17, 15) is 4.79 Å². The number of carbonyl (C=O) groups excluding carboxylic acids is 1. The molecule has 0 spiro atoms. The molecular formula is C20H21N2O+. The first-order valence-electron chi connectivity index (χ1n) is 7.76. The Bertz CT molecular complexity index is 913. The number of nitrogens with one attached hydrogen (secondary N) is 2. The zero-order chi connectivity index (χ0) is 16.6. The molecular weight excluding hydrogens is 284 g/mol. The maximum atomic E-state index is 11.6. The predicted octanol–water partition coefficient (Wildman–Crippen LogP) is 4.53. The highest BCUT2D eigenvalue weighted by Crippen LogP contribution is 2.28. The van der Waals surface area contributed by atoms with Crippen LogP contribution >= 0.6 is 0 Å². The van der Waals surface area contributed by atoms with Gasteiger partial charge in [-0.1, -0.05) is 12.1 Å². The van der Waals surface area contributed by atoms with Gasteiger partial charge in [0.1, 0.15) is 0 Å². The minimum Gasteiger partial charge on any atom is -0.355 e. The molecule has 116 valence electrons. The van der Waals surface area contributed by atoms with Gasteiger partial charge in [-0.15, -0.1) is 0 Å². The minimum absolute atomic E-state index is 0.0720. The fourth-order valence-corrected chi connectivity index (χ4v) is 2.95. The molecule has 0 fully saturated rings. The molecule has 3 aromatic rings. The lowest BCUT2D eigenvalue weighted by Crippen LogP contribution is -2.11. The number of aromatic amines is 1. The van der Waals surface area contributed by atoms with E-state index in [1.54, 1.807) is 6.92 Å². The number of anilines is 2. The molecule has 2 N–H and O–H groups in total. The monoisotopic (exact) mass is 305 g/mol. The molecule has 0 atom stereocenters. The van der Waals surface area contributed by atoms with E-state index in [1.807, 2.05) is 24.3 Å². The first-order valence-corrected chi connectivity index (χ1v) is 7.76. The molecule has 1 heterocycles. The molecule has 0 saturated carbocycles. The van der Waals surface area contributed by atoms with Crippen LogP contribution in [0.4, 0.5) is 11.4 Å². The summed E-state index contributed by atoms with van der Waals surface area (Å²) >= 11 is 0. The zero-order valence-electron chi connectivity index (χ0n) is 13.9. The van der Waals surface area contributed by atoms with Gasteiger partial charge in [-0.2, -0.15) is 0 Å². The summed E-state index contributed by atoms with van der Waals surface area (Å²) in [4.78, 5) is 15.0. The molecule has 3 rings (SSSR count). The molecule has 0 aliphatic carbocycles. The first kappa shape index (κ1) is 15.2.